The fourth-order valence-electron chi connectivity index (χ4n) is 5.00. The fraction of sp³-hybridized carbons (Fsp3) is 0.517. The number of alkyl carbamates (subject to hydrolysis) is 1. The predicted octanol–water partition coefficient (Wildman–Crippen LogP) is 3.24. The highest BCUT2D eigenvalue weighted by Crippen LogP contribution is 2.31. The Bertz CT molecular complexity index is 1100. The van der Waals surface area contributed by atoms with E-state index in [4.69, 9.17) is 14.6 Å². The number of rotatable bonds is 11. The SMILES string of the molecule is Cc1cccc(N2CCN(CCCCOc3ccc4c(c3)N(COC(=O)NCCO)C(=O)CC4)CC2)c1C. The van der Waals surface area contributed by atoms with Crippen molar-refractivity contribution in [1.29, 1.82) is 0 Å². The second-order valence-electron chi connectivity index (χ2n) is 9.93. The third-order valence-electron chi connectivity index (χ3n) is 7.39. The van der Waals surface area contributed by atoms with Gasteiger partial charge in [-0.05, 0) is 68.5 Å². The van der Waals surface area contributed by atoms with Crippen LogP contribution in [0.2, 0.25) is 0 Å². The Balaban J connectivity index is 1.19. The van der Waals surface area contributed by atoms with Gasteiger partial charge in [0, 0.05) is 50.9 Å². The molecule has 2 aliphatic heterocycles. The van der Waals surface area contributed by atoms with E-state index in [9.17, 15) is 9.59 Å². The molecule has 2 aromatic rings. The molecule has 0 spiro atoms. The zero-order valence-corrected chi connectivity index (χ0v) is 22.6. The van der Waals surface area contributed by atoms with Crippen LogP contribution in [-0.4, -0.2) is 81.2 Å². The summed E-state index contributed by atoms with van der Waals surface area (Å²) in [5.41, 5.74) is 5.83. The lowest BCUT2D eigenvalue weighted by molar-refractivity contribution is -0.119. The minimum absolute atomic E-state index is 0.0951. The smallest absolute Gasteiger partial charge is 0.408 e. The van der Waals surface area contributed by atoms with Crippen LogP contribution in [0, 0.1) is 13.8 Å². The monoisotopic (exact) mass is 524 g/mol. The number of aliphatic hydroxyl groups is 1. The van der Waals surface area contributed by atoms with Gasteiger partial charge in [0.05, 0.1) is 18.9 Å². The maximum absolute atomic E-state index is 12.5. The van der Waals surface area contributed by atoms with Gasteiger partial charge in [-0.25, -0.2) is 4.79 Å². The van der Waals surface area contributed by atoms with E-state index in [0.717, 1.165) is 56.8 Å². The van der Waals surface area contributed by atoms with Crippen molar-refractivity contribution in [2.45, 2.75) is 39.5 Å². The molecule has 2 aliphatic rings. The van der Waals surface area contributed by atoms with Crippen molar-refractivity contribution >= 4 is 23.4 Å². The highest BCUT2D eigenvalue weighted by atomic mass is 16.6. The molecule has 1 fully saturated rings. The molecule has 2 N–H and O–H groups in total. The molecule has 0 bridgehead atoms. The Kier molecular flexibility index (Phi) is 9.84. The number of ether oxygens (including phenoxy) is 2. The first kappa shape index (κ1) is 27.7. The lowest BCUT2D eigenvalue weighted by atomic mass is 10.0. The number of benzene rings is 2. The molecule has 2 aromatic carbocycles. The molecule has 4 rings (SSSR count). The number of piperazine rings is 1. The molecule has 0 unspecified atom stereocenters. The molecule has 9 heteroatoms. The van der Waals surface area contributed by atoms with Crippen LogP contribution in [0.3, 0.4) is 0 Å². The molecule has 0 atom stereocenters. The van der Waals surface area contributed by atoms with Gasteiger partial charge in [-0.1, -0.05) is 18.2 Å². The number of aryl methyl sites for hydroxylation is 2. The molecule has 1 saturated heterocycles. The van der Waals surface area contributed by atoms with Crippen LogP contribution in [0.15, 0.2) is 36.4 Å². The molecule has 0 aliphatic carbocycles. The number of nitrogens with zero attached hydrogens (tertiary/aromatic N) is 3. The summed E-state index contributed by atoms with van der Waals surface area (Å²) >= 11 is 0. The number of hydrogen-bond acceptors (Lipinski definition) is 7. The zero-order valence-electron chi connectivity index (χ0n) is 22.6. The third-order valence-corrected chi connectivity index (χ3v) is 7.39. The topological polar surface area (TPSA) is 94.6 Å². The first-order chi connectivity index (χ1) is 18.5. The van der Waals surface area contributed by atoms with E-state index in [-0.39, 0.29) is 25.8 Å². The van der Waals surface area contributed by atoms with Crippen molar-refractivity contribution in [1.82, 2.24) is 10.2 Å². The number of carbonyl (C=O) groups excluding carboxylic acids is 2. The number of nitrogens with one attached hydrogen (secondary N) is 1. The number of anilines is 2. The molecular formula is C29H40N4O5. The normalized spacial score (nSPS) is 15.8. The van der Waals surface area contributed by atoms with E-state index < -0.39 is 6.09 Å². The van der Waals surface area contributed by atoms with E-state index in [2.05, 4.69) is 47.2 Å². The van der Waals surface area contributed by atoms with Gasteiger partial charge in [-0.15, -0.1) is 0 Å². The first-order valence-electron chi connectivity index (χ1n) is 13.6. The molecule has 2 heterocycles. The van der Waals surface area contributed by atoms with Gasteiger partial charge in [0.1, 0.15) is 5.75 Å². The number of aliphatic hydroxyl groups excluding tert-OH is 1. The van der Waals surface area contributed by atoms with E-state index in [1.807, 2.05) is 18.2 Å². The molecule has 0 saturated carbocycles. The minimum Gasteiger partial charge on any atom is -0.494 e. The van der Waals surface area contributed by atoms with Crippen molar-refractivity contribution < 1.29 is 24.2 Å². The average Bonchev–Trinajstić information content (AvgIpc) is 2.93. The van der Waals surface area contributed by atoms with Crippen LogP contribution in [0.4, 0.5) is 16.2 Å². The Morgan fingerprint density at radius 3 is 2.63 bits per heavy atom. The molecule has 0 radical (unpaired) electrons. The van der Waals surface area contributed by atoms with Crippen LogP contribution in [-0.2, 0) is 16.0 Å². The second-order valence-corrected chi connectivity index (χ2v) is 9.93. The lowest BCUT2D eigenvalue weighted by Crippen LogP contribution is -2.46. The van der Waals surface area contributed by atoms with Gasteiger partial charge < -0.3 is 24.8 Å². The van der Waals surface area contributed by atoms with Crippen LogP contribution in [0.1, 0.15) is 36.0 Å². The van der Waals surface area contributed by atoms with E-state index in [1.54, 1.807) is 0 Å². The van der Waals surface area contributed by atoms with Crippen molar-refractivity contribution in [3.63, 3.8) is 0 Å². The number of unbranched alkanes of at least 4 members (excludes halogenated alkanes) is 1. The van der Waals surface area contributed by atoms with Gasteiger partial charge >= 0.3 is 6.09 Å². The van der Waals surface area contributed by atoms with Crippen LogP contribution in [0.25, 0.3) is 0 Å². The van der Waals surface area contributed by atoms with Gasteiger partial charge in [0.25, 0.3) is 0 Å². The maximum atomic E-state index is 12.5. The summed E-state index contributed by atoms with van der Waals surface area (Å²) in [6, 6.07) is 12.3. The number of hydrogen-bond donors (Lipinski definition) is 2. The summed E-state index contributed by atoms with van der Waals surface area (Å²) < 4.78 is 11.2. The maximum Gasteiger partial charge on any atom is 0.408 e. The van der Waals surface area contributed by atoms with Crippen LogP contribution >= 0.6 is 0 Å². The summed E-state index contributed by atoms with van der Waals surface area (Å²) in [6.45, 7) is 10.1. The van der Waals surface area contributed by atoms with Crippen LogP contribution < -0.4 is 19.9 Å². The summed E-state index contributed by atoms with van der Waals surface area (Å²) in [7, 11) is 0. The van der Waals surface area contributed by atoms with E-state index >= 15 is 0 Å². The standard InChI is InChI=1S/C29H40N4O5/c1-22-6-5-7-26(23(22)2)32-16-14-31(15-17-32)13-3-4-19-37-25-10-8-24-9-11-28(35)33(27(24)20-25)21-38-29(36)30-12-18-34/h5-8,10,20,34H,3-4,9,11-19,21H2,1-2H3,(H,30,36). The van der Waals surface area contributed by atoms with Crippen molar-refractivity contribution in [2.24, 2.45) is 0 Å². The zero-order chi connectivity index (χ0) is 26.9. The highest BCUT2D eigenvalue weighted by Gasteiger charge is 2.26. The number of fused-ring (bicyclic) bond motifs is 1. The largest absolute Gasteiger partial charge is 0.494 e. The number of carbonyl (C=O) groups is 2. The fourth-order valence-corrected chi connectivity index (χ4v) is 5.00. The van der Waals surface area contributed by atoms with Crippen LogP contribution in [0.5, 0.6) is 5.75 Å². The molecule has 206 valence electrons. The van der Waals surface area contributed by atoms with E-state index in [0.29, 0.717) is 25.2 Å². The average molecular weight is 525 g/mol. The van der Waals surface area contributed by atoms with Gasteiger partial charge in [-0.3, -0.25) is 14.6 Å². The molecule has 9 nitrogen and oxygen atoms in total. The number of amides is 2. The minimum atomic E-state index is -0.668. The molecular weight excluding hydrogens is 484 g/mol. The third kappa shape index (κ3) is 7.17. The molecule has 38 heavy (non-hydrogen) atoms. The second kappa shape index (κ2) is 13.5. The van der Waals surface area contributed by atoms with Crippen molar-refractivity contribution in [3.8, 4) is 5.75 Å². The van der Waals surface area contributed by atoms with E-state index in [1.165, 1.54) is 21.7 Å². The van der Waals surface area contributed by atoms with Crippen molar-refractivity contribution in [3.05, 3.63) is 53.1 Å². The molecule has 0 aromatic heterocycles. The van der Waals surface area contributed by atoms with Crippen molar-refractivity contribution in [2.75, 3.05) is 69.0 Å². The predicted molar refractivity (Wildman–Crippen MR) is 148 cm³/mol. The summed E-state index contributed by atoms with van der Waals surface area (Å²) in [5, 5.41) is 11.2. The lowest BCUT2D eigenvalue weighted by Gasteiger charge is -2.37. The quantitative estimate of drug-likeness (QED) is 0.436. The Hall–Kier alpha value is -3.30. The molecule has 2 amide bonds. The Morgan fingerprint density at radius 1 is 1.03 bits per heavy atom. The Morgan fingerprint density at radius 2 is 1.84 bits per heavy atom. The summed E-state index contributed by atoms with van der Waals surface area (Å²) in [4.78, 5) is 30.7. The highest BCUT2D eigenvalue weighted by molar-refractivity contribution is 5.96. The van der Waals surface area contributed by atoms with Gasteiger partial charge in [-0.2, -0.15) is 0 Å². The first-order valence-corrected chi connectivity index (χ1v) is 13.6. The van der Waals surface area contributed by atoms with Gasteiger partial charge in [0.15, 0.2) is 6.73 Å². The van der Waals surface area contributed by atoms with Gasteiger partial charge in [0.2, 0.25) is 5.91 Å². The Labute approximate surface area is 225 Å². The summed E-state index contributed by atoms with van der Waals surface area (Å²) in [6.07, 6.45) is 2.37. The summed E-state index contributed by atoms with van der Waals surface area (Å²) in [5.74, 6) is 0.609.